The van der Waals surface area contributed by atoms with Crippen LogP contribution in [0.15, 0.2) is 60.7 Å². The molecule has 1 heterocycles. The van der Waals surface area contributed by atoms with Gasteiger partial charge in [0.1, 0.15) is 11.6 Å². The van der Waals surface area contributed by atoms with Crippen LogP contribution in [0.25, 0.3) is 0 Å². The summed E-state index contributed by atoms with van der Waals surface area (Å²) in [4.78, 5) is 9.12. The molecule has 5 heteroatoms. The number of para-hydroxylation sites is 1. The van der Waals surface area contributed by atoms with Crippen LogP contribution in [0.2, 0.25) is 0 Å². The number of aryl methyl sites for hydroxylation is 1. The number of benzene rings is 2. The molecule has 5 nitrogen and oxygen atoms in total. The first-order valence-corrected chi connectivity index (χ1v) is 9.18. The van der Waals surface area contributed by atoms with E-state index in [4.69, 9.17) is 4.74 Å². The lowest BCUT2D eigenvalue weighted by Gasteiger charge is -2.16. The number of nitrogens with zero attached hydrogens (tertiary/aromatic N) is 2. The summed E-state index contributed by atoms with van der Waals surface area (Å²) >= 11 is 0. The second-order valence-corrected chi connectivity index (χ2v) is 6.48. The van der Waals surface area contributed by atoms with Gasteiger partial charge in [-0.25, -0.2) is 4.98 Å². The van der Waals surface area contributed by atoms with Crippen LogP contribution in [0.4, 0.5) is 11.8 Å². The van der Waals surface area contributed by atoms with E-state index in [2.05, 4.69) is 45.7 Å². The Kier molecular flexibility index (Phi) is 6.26. The van der Waals surface area contributed by atoms with E-state index in [-0.39, 0.29) is 6.04 Å². The summed E-state index contributed by atoms with van der Waals surface area (Å²) in [5.74, 6) is 2.36. The largest absolute Gasteiger partial charge is 0.496 e. The van der Waals surface area contributed by atoms with E-state index in [0.717, 1.165) is 30.2 Å². The maximum atomic E-state index is 5.41. The molecule has 2 N–H and O–H groups in total. The number of nitrogens with one attached hydrogen (secondary N) is 2. The summed E-state index contributed by atoms with van der Waals surface area (Å²) in [5.41, 5.74) is 3.30. The van der Waals surface area contributed by atoms with Gasteiger partial charge in [0.15, 0.2) is 0 Å². The normalized spacial score (nSPS) is 11.7. The van der Waals surface area contributed by atoms with E-state index in [0.29, 0.717) is 5.95 Å². The Balaban J connectivity index is 1.63. The maximum Gasteiger partial charge on any atom is 0.225 e. The zero-order valence-electron chi connectivity index (χ0n) is 16.1. The minimum Gasteiger partial charge on any atom is -0.496 e. The molecule has 0 aliphatic rings. The number of rotatable bonds is 8. The van der Waals surface area contributed by atoms with Crippen molar-refractivity contribution in [1.29, 1.82) is 0 Å². The van der Waals surface area contributed by atoms with Crippen molar-refractivity contribution < 1.29 is 4.74 Å². The second kappa shape index (κ2) is 9.03. The molecule has 1 aromatic heterocycles. The molecule has 0 radical (unpaired) electrons. The summed E-state index contributed by atoms with van der Waals surface area (Å²) in [5, 5.41) is 6.78. The van der Waals surface area contributed by atoms with Gasteiger partial charge in [0.25, 0.3) is 0 Å². The van der Waals surface area contributed by atoms with Crippen LogP contribution < -0.4 is 15.4 Å². The molecule has 2 aromatic carbocycles. The molecule has 140 valence electrons. The Morgan fingerprint density at radius 1 is 1.00 bits per heavy atom. The van der Waals surface area contributed by atoms with E-state index in [1.54, 1.807) is 7.11 Å². The van der Waals surface area contributed by atoms with Gasteiger partial charge in [-0.15, -0.1) is 0 Å². The van der Waals surface area contributed by atoms with Crippen molar-refractivity contribution in [2.75, 3.05) is 24.3 Å². The molecule has 3 rings (SSSR count). The molecule has 0 amide bonds. The van der Waals surface area contributed by atoms with Gasteiger partial charge in [-0.3, -0.25) is 0 Å². The summed E-state index contributed by atoms with van der Waals surface area (Å²) in [6, 6.07) is 20.5. The predicted molar refractivity (Wildman–Crippen MR) is 110 cm³/mol. The minimum absolute atomic E-state index is 0.134. The lowest BCUT2D eigenvalue weighted by molar-refractivity contribution is 0.410. The van der Waals surface area contributed by atoms with Gasteiger partial charge in [0.2, 0.25) is 5.95 Å². The zero-order chi connectivity index (χ0) is 19.1. The SMILES string of the molecule is COc1ccccc1CCNc1cc(C)nc(NC(C)c2ccccc2)n1. The van der Waals surface area contributed by atoms with Crippen LogP contribution in [0.5, 0.6) is 5.75 Å². The molecule has 0 bridgehead atoms. The third kappa shape index (κ3) is 5.20. The average Bonchev–Trinajstić information content (AvgIpc) is 2.68. The number of anilines is 2. The molecular formula is C22H26N4O. The van der Waals surface area contributed by atoms with Crippen molar-refractivity contribution in [2.45, 2.75) is 26.3 Å². The van der Waals surface area contributed by atoms with E-state index >= 15 is 0 Å². The van der Waals surface area contributed by atoms with Crippen molar-refractivity contribution in [3.05, 3.63) is 77.5 Å². The van der Waals surface area contributed by atoms with Gasteiger partial charge in [-0.05, 0) is 37.5 Å². The lowest BCUT2D eigenvalue weighted by Crippen LogP contribution is -2.12. The fraction of sp³-hybridized carbons (Fsp3) is 0.273. The van der Waals surface area contributed by atoms with E-state index in [1.807, 2.05) is 49.4 Å². The molecular weight excluding hydrogens is 336 g/mol. The number of ether oxygens (including phenoxy) is 1. The van der Waals surface area contributed by atoms with Gasteiger partial charge < -0.3 is 15.4 Å². The van der Waals surface area contributed by atoms with Crippen molar-refractivity contribution >= 4 is 11.8 Å². The zero-order valence-corrected chi connectivity index (χ0v) is 16.1. The standard InChI is InChI=1S/C22H26N4O/c1-16-15-21(23-14-13-19-11-7-8-12-20(19)27-3)26-22(24-16)25-17(2)18-9-5-4-6-10-18/h4-12,15,17H,13-14H2,1-3H3,(H2,23,24,25,26). The third-order valence-electron chi connectivity index (χ3n) is 4.39. The second-order valence-electron chi connectivity index (χ2n) is 6.48. The van der Waals surface area contributed by atoms with Crippen LogP contribution in [0.3, 0.4) is 0 Å². The fourth-order valence-corrected chi connectivity index (χ4v) is 2.98. The highest BCUT2D eigenvalue weighted by molar-refractivity contribution is 5.44. The molecule has 0 aliphatic heterocycles. The Morgan fingerprint density at radius 2 is 1.74 bits per heavy atom. The Hall–Kier alpha value is -3.08. The highest BCUT2D eigenvalue weighted by Gasteiger charge is 2.08. The van der Waals surface area contributed by atoms with Crippen LogP contribution in [-0.2, 0) is 6.42 Å². The minimum atomic E-state index is 0.134. The maximum absolute atomic E-state index is 5.41. The molecule has 1 unspecified atom stereocenters. The summed E-state index contributed by atoms with van der Waals surface area (Å²) < 4.78 is 5.41. The molecule has 0 saturated heterocycles. The monoisotopic (exact) mass is 362 g/mol. The van der Waals surface area contributed by atoms with Crippen molar-refractivity contribution in [1.82, 2.24) is 9.97 Å². The molecule has 0 saturated carbocycles. The van der Waals surface area contributed by atoms with Crippen LogP contribution in [0.1, 0.15) is 29.8 Å². The number of methoxy groups -OCH3 is 1. The van der Waals surface area contributed by atoms with Gasteiger partial charge >= 0.3 is 0 Å². The molecule has 27 heavy (non-hydrogen) atoms. The van der Waals surface area contributed by atoms with Crippen LogP contribution in [-0.4, -0.2) is 23.6 Å². The predicted octanol–water partition coefficient (Wildman–Crippen LogP) is 4.62. The average molecular weight is 362 g/mol. The summed E-state index contributed by atoms with van der Waals surface area (Å²) in [6.07, 6.45) is 0.857. The molecule has 1 atom stereocenters. The first-order valence-electron chi connectivity index (χ1n) is 9.18. The fourth-order valence-electron chi connectivity index (χ4n) is 2.98. The van der Waals surface area contributed by atoms with Gasteiger partial charge in [-0.1, -0.05) is 48.5 Å². The highest BCUT2D eigenvalue weighted by atomic mass is 16.5. The van der Waals surface area contributed by atoms with E-state index in [9.17, 15) is 0 Å². The Bertz CT molecular complexity index is 867. The van der Waals surface area contributed by atoms with E-state index < -0.39 is 0 Å². The topological polar surface area (TPSA) is 59.1 Å². The van der Waals surface area contributed by atoms with Gasteiger partial charge in [0.05, 0.1) is 13.2 Å². The van der Waals surface area contributed by atoms with Crippen LogP contribution >= 0.6 is 0 Å². The van der Waals surface area contributed by atoms with Crippen molar-refractivity contribution in [3.8, 4) is 5.75 Å². The summed E-state index contributed by atoms with van der Waals surface area (Å²) in [6.45, 7) is 4.85. The quantitative estimate of drug-likeness (QED) is 0.612. The first-order chi connectivity index (χ1) is 13.2. The Morgan fingerprint density at radius 3 is 2.52 bits per heavy atom. The molecule has 0 aliphatic carbocycles. The molecule has 0 fully saturated rings. The van der Waals surface area contributed by atoms with Crippen molar-refractivity contribution in [3.63, 3.8) is 0 Å². The lowest BCUT2D eigenvalue weighted by atomic mass is 10.1. The molecule has 0 spiro atoms. The highest BCUT2D eigenvalue weighted by Crippen LogP contribution is 2.20. The van der Waals surface area contributed by atoms with Gasteiger partial charge in [0, 0.05) is 18.3 Å². The Labute approximate surface area is 160 Å². The number of hydrogen-bond donors (Lipinski definition) is 2. The van der Waals surface area contributed by atoms with E-state index in [1.165, 1.54) is 11.1 Å². The summed E-state index contributed by atoms with van der Waals surface area (Å²) in [7, 11) is 1.70. The number of hydrogen-bond acceptors (Lipinski definition) is 5. The van der Waals surface area contributed by atoms with Gasteiger partial charge in [-0.2, -0.15) is 4.98 Å². The number of aromatic nitrogens is 2. The smallest absolute Gasteiger partial charge is 0.225 e. The molecule has 3 aromatic rings. The van der Waals surface area contributed by atoms with Crippen LogP contribution in [0, 0.1) is 6.92 Å². The van der Waals surface area contributed by atoms with Crippen molar-refractivity contribution in [2.24, 2.45) is 0 Å². The third-order valence-corrected chi connectivity index (χ3v) is 4.39. The first kappa shape index (κ1) is 18.7.